The quantitative estimate of drug-likeness (QED) is 0.919. The van der Waals surface area contributed by atoms with Crippen molar-refractivity contribution in [2.75, 3.05) is 13.1 Å². The van der Waals surface area contributed by atoms with E-state index in [2.05, 4.69) is 5.32 Å². The number of nitrogens with zero attached hydrogens (tertiary/aromatic N) is 1. The molecule has 1 unspecified atom stereocenters. The molecule has 0 spiro atoms. The largest absolute Gasteiger partial charge is 0.352 e. The number of rotatable bonds is 2. The van der Waals surface area contributed by atoms with E-state index in [4.69, 9.17) is 11.6 Å². The number of hydrogen-bond acceptors (Lipinski definition) is 2. The van der Waals surface area contributed by atoms with Crippen LogP contribution in [0.1, 0.15) is 22.0 Å². The Morgan fingerprint density at radius 2 is 1.78 bits per heavy atom. The van der Waals surface area contributed by atoms with Gasteiger partial charge in [-0.1, -0.05) is 23.7 Å². The highest BCUT2D eigenvalue weighted by molar-refractivity contribution is 6.30. The number of carbonyl (C=O) groups excluding carboxylic acids is 2. The third kappa shape index (κ3) is 3.19. The first kappa shape index (κ1) is 15.5. The molecule has 1 saturated heterocycles. The highest BCUT2D eigenvalue weighted by Gasteiger charge is 2.34. The average molecular weight is 333 g/mol. The lowest BCUT2D eigenvalue weighted by Gasteiger charge is -2.35. The number of nitrogens with one attached hydrogen (secondary N) is 1. The molecule has 2 amide bonds. The molecule has 0 radical (unpaired) electrons. The molecular formula is C17H14ClFN2O2. The van der Waals surface area contributed by atoms with Crippen molar-refractivity contribution in [3.8, 4) is 0 Å². The van der Waals surface area contributed by atoms with Gasteiger partial charge in [0.05, 0.1) is 0 Å². The zero-order valence-electron chi connectivity index (χ0n) is 12.1. The Hall–Kier alpha value is -2.40. The summed E-state index contributed by atoms with van der Waals surface area (Å²) >= 11 is 5.84. The van der Waals surface area contributed by atoms with Crippen LogP contribution in [-0.2, 0) is 4.79 Å². The second kappa shape index (κ2) is 6.38. The number of piperazine rings is 1. The van der Waals surface area contributed by atoms with Crippen molar-refractivity contribution in [2.24, 2.45) is 0 Å². The van der Waals surface area contributed by atoms with Crippen LogP contribution in [0.15, 0.2) is 48.5 Å². The van der Waals surface area contributed by atoms with Gasteiger partial charge >= 0.3 is 0 Å². The first-order valence-corrected chi connectivity index (χ1v) is 7.54. The van der Waals surface area contributed by atoms with Gasteiger partial charge in [0.2, 0.25) is 5.91 Å². The monoisotopic (exact) mass is 332 g/mol. The minimum absolute atomic E-state index is 0.258. The van der Waals surface area contributed by atoms with Gasteiger partial charge < -0.3 is 10.2 Å². The van der Waals surface area contributed by atoms with Crippen LogP contribution in [0, 0.1) is 5.82 Å². The van der Waals surface area contributed by atoms with Crippen LogP contribution in [0.2, 0.25) is 5.02 Å². The van der Waals surface area contributed by atoms with Gasteiger partial charge in [0.25, 0.3) is 5.91 Å². The van der Waals surface area contributed by atoms with Gasteiger partial charge in [0.1, 0.15) is 11.9 Å². The molecular weight excluding hydrogens is 319 g/mol. The Kier molecular flexibility index (Phi) is 4.30. The fraction of sp³-hybridized carbons (Fsp3) is 0.176. The highest BCUT2D eigenvalue weighted by Crippen LogP contribution is 2.25. The number of halogens is 2. The summed E-state index contributed by atoms with van der Waals surface area (Å²) in [5, 5.41) is 3.28. The van der Waals surface area contributed by atoms with Crippen LogP contribution >= 0.6 is 11.6 Å². The number of amides is 2. The molecule has 0 bridgehead atoms. The summed E-state index contributed by atoms with van der Waals surface area (Å²) in [5.41, 5.74) is 1.03. The molecule has 1 aliphatic heterocycles. The predicted molar refractivity (Wildman–Crippen MR) is 84.6 cm³/mol. The van der Waals surface area contributed by atoms with Gasteiger partial charge in [-0.25, -0.2) is 4.39 Å². The zero-order chi connectivity index (χ0) is 16.4. The lowest BCUT2D eigenvalue weighted by molar-refractivity contribution is -0.128. The van der Waals surface area contributed by atoms with Gasteiger partial charge in [-0.05, 0) is 42.0 Å². The van der Waals surface area contributed by atoms with Crippen LogP contribution in [0.25, 0.3) is 0 Å². The van der Waals surface area contributed by atoms with Crippen molar-refractivity contribution in [2.45, 2.75) is 6.04 Å². The Morgan fingerprint density at radius 1 is 1.13 bits per heavy atom. The molecule has 1 heterocycles. The predicted octanol–water partition coefficient (Wildman–Crippen LogP) is 2.79. The van der Waals surface area contributed by atoms with E-state index < -0.39 is 6.04 Å². The Morgan fingerprint density at radius 3 is 2.43 bits per heavy atom. The van der Waals surface area contributed by atoms with Gasteiger partial charge in [0.15, 0.2) is 0 Å². The molecule has 1 N–H and O–H groups in total. The summed E-state index contributed by atoms with van der Waals surface area (Å²) in [6, 6.07) is 11.3. The number of benzene rings is 2. The molecule has 1 fully saturated rings. The van der Waals surface area contributed by atoms with E-state index in [1.807, 2.05) is 0 Å². The maximum atomic E-state index is 13.1. The molecule has 2 aromatic carbocycles. The van der Waals surface area contributed by atoms with Crippen LogP contribution in [0.3, 0.4) is 0 Å². The van der Waals surface area contributed by atoms with Gasteiger partial charge in [-0.3, -0.25) is 9.59 Å². The van der Waals surface area contributed by atoms with Crippen molar-refractivity contribution in [1.82, 2.24) is 10.2 Å². The summed E-state index contributed by atoms with van der Waals surface area (Å²) in [6.07, 6.45) is 0. The second-order valence-corrected chi connectivity index (χ2v) is 5.69. The molecule has 3 rings (SSSR count). The van der Waals surface area contributed by atoms with Crippen LogP contribution in [0.4, 0.5) is 4.39 Å². The van der Waals surface area contributed by atoms with Crippen LogP contribution in [0.5, 0.6) is 0 Å². The minimum atomic E-state index is -0.771. The van der Waals surface area contributed by atoms with Crippen LogP contribution in [-0.4, -0.2) is 29.8 Å². The summed E-state index contributed by atoms with van der Waals surface area (Å²) in [6.45, 7) is 0.769. The first-order valence-electron chi connectivity index (χ1n) is 7.16. The number of carbonyl (C=O) groups is 2. The maximum Gasteiger partial charge on any atom is 0.254 e. The van der Waals surface area contributed by atoms with E-state index >= 15 is 0 Å². The number of hydrogen-bond donors (Lipinski definition) is 1. The van der Waals surface area contributed by atoms with Crippen molar-refractivity contribution in [3.05, 3.63) is 70.5 Å². The summed E-state index contributed by atoms with van der Waals surface area (Å²) in [5.74, 6) is -0.920. The van der Waals surface area contributed by atoms with Crippen molar-refractivity contribution < 1.29 is 14.0 Å². The van der Waals surface area contributed by atoms with E-state index in [-0.39, 0.29) is 17.6 Å². The lowest BCUT2D eigenvalue weighted by atomic mass is 10.0. The second-order valence-electron chi connectivity index (χ2n) is 5.25. The maximum absolute atomic E-state index is 13.1. The Bertz CT molecular complexity index is 731. The van der Waals surface area contributed by atoms with Crippen molar-refractivity contribution in [3.63, 3.8) is 0 Å². The molecule has 2 aromatic rings. The van der Waals surface area contributed by atoms with Gasteiger partial charge in [0, 0.05) is 23.7 Å². The molecule has 0 aliphatic carbocycles. The molecule has 0 saturated carbocycles. The van der Waals surface area contributed by atoms with E-state index in [9.17, 15) is 14.0 Å². The van der Waals surface area contributed by atoms with E-state index in [0.717, 1.165) is 0 Å². The molecule has 0 aromatic heterocycles. The normalized spacial score (nSPS) is 17.7. The highest BCUT2D eigenvalue weighted by atomic mass is 35.5. The SMILES string of the molecule is O=C1NCCN(C(=O)c2ccc(Cl)cc2)C1c1ccc(F)cc1. The summed E-state index contributed by atoms with van der Waals surface area (Å²) < 4.78 is 13.1. The average Bonchev–Trinajstić information content (AvgIpc) is 2.56. The fourth-order valence-corrected chi connectivity index (χ4v) is 2.75. The molecule has 23 heavy (non-hydrogen) atoms. The van der Waals surface area contributed by atoms with E-state index in [0.29, 0.717) is 29.2 Å². The van der Waals surface area contributed by atoms with E-state index in [1.54, 1.807) is 24.3 Å². The summed E-state index contributed by atoms with van der Waals surface area (Å²) in [7, 11) is 0. The molecule has 6 heteroatoms. The van der Waals surface area contributed by atoms with E-state index in [1.165, 1.54) is 29.2 Å². The van der Waals surface area contributed by atoms with Crippen molar-refractivity contribution >= 4 is 23.4 Å². The lowest BCUT2D eigenvalue weighted by Crippen LogP contribution is -2.52. The third-order valence-electron chi connectivity index (χ3n) is 3.75. The molecule has 1 atom stereocenters. The molecule has 1 aliphatic rings. The third-order valence-corrected chi connectivity index (χ3v) is 4.00. The molecule has 4 nitrogen and oxygen atoms in total. The fourth-order valence-electron chi connectivity index (χ4n) is 2.62. The minimum Gasteiger partial charge on any atom is -0.352 e. The smallest absolute Gasteiger partial charge is 0.254 e. The van der Waals surface area contributed by atoms with Gasteiger partial charge in [-0.15, -0.1) is 0 Å². The Balaban J connectivity index is 1.94. The zero-order valence-corrected chi connectivity index (χ0v) is 12.9. The Labute approximate surface area is 137 Å². The van der Waals surface area contributed by atoms with Crippen LogP contribution < -0.4 is 5.32 Å². The topological polar surface area (TPSA) is 49.4 Å². The first-order chi connectivity index (χ1) is 11.1. The molecule has 118 valence electrons. The standard InChI is InChI=1S/C17H14ClFN2O2/c18-13-5-1-12(2-6-13)17(23)21-10-9-20-16(22)15(21)11-3-7-14(19)8-4-11/h1-8,15H,9-10H2,(H,20,22). The van der Waals surface area contributed by atoms with Gasteiger partial charge in [-0.2, -0.15) is 0 Å². The van der Waals surface area contributed by atoms with Crippen molar-refractivity contribution in [1.29, 1.82) is 0 Å². The summed E-state index contributed by atoms with van der Waals surface area (Å²) in [4.78, 5) is 26.5.